The lowest BCUT2D eigenvalue weighted by Gasteiger charge is -2.15. The summed E-state index contributed by atoms with van der Waals surface area (Å²) in [6.45, 7) is 7.93. The number of nitrogens with zero attached hydrogens (tertiary/aromatic N) is 6. The van der Waals surface area contributed by atoms with Crippen LogP contribution in [0.25, 0.3) is 33.1 Å². The van der Waals surface area contributed by atoms with Crippen LogP contribution in [0.5, 0.6) is 0 Å². The first-order chi connectivity index (χ1) is 47.3. The Hall–Kier alpha value is -12.8. The van der Waals surface area contributed by atoms with Crippen molar-refractivity contribution in [2.45, 2.75) is 71.2 Å². The monoisotopic (exact) mass is 1330 g/mol. The number of nitrogens with one attached hydrogen (secondary N) is 8. The number of carboxylic acids is 2. The summed E-state index contributed by atoms with van der Waals surface area (Å²) in [6, 6.07) is 23.7. The van der Waals surface area contributed by atoms with Gasteiger partial charge in [0.15, 0.2) is 17.1 Å². The van der Waals surface area contributed by atoms with Crippen LogP contribution in [0.3, 0.4) is 0 Å². The Morgan fingerprint density at radius 3 is 1.19 bits per heavy atom. The number of fused-ring (bicyclic) bond motifs is 5. The van der Waals surface area contributed by atoms with Gasteiger partial charge in [-0.2, -0.15) is 0 Å². The van der Waals surface area contributed by atoms with Crippen molar-refractivity contribution in [2.75, 3.05) is 6.61 Å². The quantitative estimate of drug-likeness (QED) is 0.0282. The van der Waals surface area contributed by atoms with Gasteiger partial charge in [0.2, 0.25) is 0 Å². The first-order valence-electron chi connectivity index (χ1n) is 30.4. The van der Waals surface area contributed by atoms with Crippen LogP contribution in [0.1, 0.15) is 158 Å². The van der Waals surface area contributed by atoms with Crippen molar-refractivity contribution in [2.24, 2.45) is 0 Å². The molecule has 6 aromatic heterocycles. The second-order valence-corrected chi connectivity index (χ2v) is 22.6. The van der Waals surface area contributed by atoms with Gasteiger partial charge in [0.05, 0.1) is 50.9 Å². The van der Waals surface area contributed by atoms with Crippen LogP contribution in [0.2, 0.25) is 0 Å². The van der Waals surface area contributed by atoms with Gasteiger partial charge in [-0.05, 0) is 138 Å². The largest absolute Gasteiger partial charge is 0.478 e. The summed E-state index contributed by atoms with van der Waals surface area (Å²) in [4.78, 5) is 132. The molecule has 2 atom stereocenters. The smallest absolute Gasteiger partial charge is 0.339 e. The van der Waals surface area contributed by atoms with Crippen molar-refractivity contribution < 1.29 is 66.5 Å². The Balaban J connectivity index is 0.000000154. The molecule has 2 aliphatic carbocycles. The average molecular weight is 1330 g/mol. The molecule has 2 aliphatic rings. The predicted molar refractivity (Wildman–Crippen MR) is 348 cm³/mol. The minimum atomic E-state index is -1.15. The van der Waals surface area contributed by atoms with Crippen LogP contribution in [0.4, 0.5) is 13.2 Å². The van der Waals surface area contributed by atoms with Crippen molar-refractivity contribution in [3.63, 3.8) is 0 Å². The Morgan fingerprint density at radius 2 is 0.827 bits per heavy atom. The Kier molecular flexibility index (Phi) is 19.9. The number of aromatic nitrogens is 9. The van der Waals surface area contributed by atoms with Gasteiger partial charge >= 0.3 is 17.9 Å². The number of halogens is 3. The number of carbonyl (C=O) groups is 8. The standard InChI is InChI=1S/C29H26FN5O4.C26H22FN5O4.C15H11FN4O3/c1-3-12-39-29(38)20-8-9-21-19(16(20)2)10-11-23(21)35-27(36)22-14-31-25-24(22)33-15-34-26(25)28(37)32-13-17-4-6-18(30)7-5-17;1-13-16-8-9-20(18(16)7-6-17(13)26(35)36)32-24(33)19-11-28-22-21(19)30-12-31-23(22)25(34)29-10-14-2-4-15(27)5-3-14;16-9-3-1-8(2-4-9)5-18-14(21)13-12-11(19-7-20-13)10(6-17-12)15(22)23/h3-9,14-15,23,31H,1,10-13H2,2H3,(H,32,37)(H,35,36);2-7,11-12,20,28H,8-10H2,1H3,(H,29,34)(H,32,33)(H,35,36);1-4,6-7,17H,5H2,(H,18,21)(H,22,23)/t23-;20-;/m00./s1. The highest BCUT2D eigenvalue weighted by Crippen LogP contribution is 2.37. The molecule has 13 rings (SSSR count). The zero-order valence-electron chi connectivity index (χ0n) is 52.2. The molecule has 0 spiro atoms. The van der Waals surface area contributed by atoms with Gasteiger partial charge in [-0.25, -0.2) is 57.5 Å². The molecule has 5 amide bonds. The molecule has 5 aromatic carbocycles. The van der Waals surface area contributed by atoms with Gasteiger partial charge < -0.3 is 56.5 Å². The summed E-state index contributed by atoms with van der Waals surface area (Å²) in [7, 11) is 0. The summed E-state index contributed by atoms with van der Waals surface area (Å²) >= 11 is 0. The maximum absolute atomic E-state index is 13.3. The van der Waals surface area contributed by atoms with Gasteiger partial charge in [-0.15, -0.1) is 0 Å². The molecular weight excluding hydrogens is 1270 g/mol. The van der Waals surface area contributed by atoms with E-state index in [0.29, 0.717) is 58.9 Å². The first-order valence-corrected chi connectivity index (χ1v) is 30.4. The zero-order chi connectivity index (χ0) is 69.3. The molecular formula is C70H59F3N14O11. The maximum Gasteiger partial charge on any atom is 0.339 e. The fourth-order valence-electron chi connectivity index (χ4n) is 11.6. The van der Waals surface area contributed by atoms with E-state index in [4.69, 9.17) is 9.84 Å². The van der Waals surface area contributed by atoms with E-state index in [1.807, 2.05) is 13.0 Å². The van der Waals surface area contributed by atoms with Gasteiger partial charge in [0, 0.05) is 38.2 Å². The van der Waals surface area contributed by atoms with E-state index in [1.54, 1.807) is 61.5 Å². The Morgan fingerprint density at radius 1 is 0.480 bits per heavy atom. The molecule has 6 heterocycles. The number of rotatable bonds is 18. The van der Waals surface area contributed by atoms with Crippen molar-refractivity contribution in [3.8, 4) is 0 Å². The van der Waals surface area contributed by atoms with Crippen molar-refractivity contribution >= 4 is 80.5 Å². The highest BCUT2D eigenvalue weighted by atomic mass is 19.1. The normalized spacial score (nSPS) is 13.4. The number of H-pyrrole nitrogens is 3. The molecule has 28 heteroatoms. The summed E-state index contributed by atoms with van der Waals surface area (Å²) in [5.41, 5.74) is 10.8. The van der Waals surface area contributed by atoms with Crippen LogP contribution in [0.15, 0.2) is 147 Å². The minimum Gasteiger partial charge on any atom is -0.478 e. The second-order valence-electron chi connectivity index (χ2n) is 22.6. The number of carboxylic acid groups (broad SMARTS) is 2. The van der Waals surface area contributed by atoms with Crippen LogP contribution in [-0.2, 0) is 37.2 Å². The maximum atomic E-state index is 13.3. The van der Waals surface area contributed by atoms with E-state index in [9.17, 15) is 56.6 Å². The van der Waals surface area contributed by atoms with Gasteiger partial charge in [0.1, 0.15) is 65.2 Å². The number of carbonyl (C=O) groups excluding carboxylic acids is 6. The highest BCUT2D eigenvalue weighted by Gasteiger charge is 2.32. The molecule has 98 heavy (non-hydrogen) atoms. The number of esters is 1. The summed E-state index contributed by atoms with van der Waals surface area (Å²) in [5, 5.41) is 32.6. The zero-order valence-corrected chi connectivity index (χ0v) is 52.2. The predicted octanol–water partition coefficient (Wildman–Crippen LogP) is 9.27. The number of amides is 5. The Bertz CT molecular complexity index is 4960. The lowest BCUT2D eigenvalue weighted by Crippen LogP contribution is -2.27. The third kappa shape index (κ3) is 14.5. The van der Waals surface area contributed by atoms with E-state index in [2.05, 4.69) is 78.0 Å². The molecule has 0 saturated heterocycles. The van der Waals surface area contributed by atoms with Crippen LogP contribution in [0, 0.1) is 31.3 Å². The van der Waals surface area contributed by atoms with Crippen molar-refractivity contribution in [1.29, 1.82) is 0 Å². The molecule has 0 fully saturated rings. The van der Waals surface area contributed by atoms with Crippen LogP contribution in [-0.4, -0.2) is 109 Å². The second kappa shape index (κ2) is 29.3. The number of ether oxygens (including phenoxy) is 1. The van der Waals surface area contributed by atoms with Gasteiger partial charge in [-0.1, -0.05) is 61.2 Å². The Labute approximate surface area is 553 Å². The van der Waals surface area contributed by atoms with E-state index >= 15 is 0 Å². The minimum absolute atomic E-state index is 0.0324. The summed E-state index contributed by atoms with van der Waals surface area (Å²) < 4.78 is 44.2. The summed E-state index contributed by atoms with van der Waals surface area (Å²) in [6.07, 6.45) is 12.1. The number of benzene rings is 5. The lowest BCUT2D eigenvalue weighted by molar-refractivity contribution is 0.0546. The summed E-state index contributed by atoms with van der Waals surface area (Å²) in [5.74, 6) is -5.71. The van der Waals surface area contributed by atoms with Gasteiger partial charge in [0.25, 0.3) is 29.5 Å². The topological polar surface area (TPSA) is 371 Å². The SMILES string of the molecule is C=CCOC(=O)c1ccc2c(c1C)CC[C@@H]2NC(=O)c1c[nH]c2c(C(=O)NCc3ccc(F)cc3)ncnc12.Cc1c(C(=O)O)ccc2c1CC[C@@H]2NC(=O)c1c[nH]c2c(C(=O)NCc3ccc(F)cc3)ncnc12.O=C(O)c1c[nH]c2c(C(=O)NCc3ccc(F)cc3)ncnc12. The number of aromatic carboxylic acids is 2. The molecule has 496 valence electrons. The highest BCUT2D eigenvalue weighted by molar-refractivity contribution is 6.12. The van der Waals surface area contributed by atoms with Crippen LogP contribution < -0.4 is 26.6 Å². The number of hydrogen-bond acceptors (Lipinski definition) is 15. The van der Waals surface area contributed by atoms with E-state index < -0.39 is 35.6 Å². The lowest BCUT2D eigenvalue weighted by atomic mass is 9.98. The average Bonchev–Trinajstić information content (AvgIpc) is 1.59. The van der Waals surface area contributed by atoms with E-state index in [1.165, 1.54) is 73.7 Å². The van der Waals surface area contributed by atoms with Crippen molar-refractivity contribution in [1.82, 2.24) is 71.4 Å². The third-order valence-electron chi connectivity index (χ3n) is 16.6. The molecule has 0 unspecified atom stereocenters. The molecule has 0 saturated carbocycles. The number of aromatic amines is 3. The molecule has 0 radical (unpaired) electrons. The molecule has 11 aromatic rings. The number of hydrogen-bond donors (Lipinski definition) is 10. The fraction of sp³-hybridized carbons (Fsp3) is 0.171. The van der Waals surface area contributed by atoms with Gasteiger partial charge in [-0.3, -0.25) is 24.0 Å². The first kappa shape index (κ1) is 66.7. The molecule has 25 nitrogen and oxygen atoms in total. The molecule has 0 bridgehead atoms. The van der Waals surface area contributed by atoms with E-state index in [0.717, 1.165) is 50.8 Å². The molecule has 10 N–H and O–H groups in total. The van der Waals surface area contributed by atoms with E-state index in [-0.39, 0.29) is 118 Å². The third-order valence-corrected chi connectivity index (χ3v) is 16.6. The van der Waals surface area contributed by atoms with Crippen molar-refractivity contribution in [3.05, 3.63) is 260 Å². The molecule has 0 aliphatic heterocycles. The fourth-order valence-corrected chi connectivity index (χ4v) is 11.6. The van der Waals surface area contributed by atoms with Crippen LogP contribution >= 0.6 is 0 Å².